The number of carbonyl (C=O) groups excluding carboxylic acids is 1. The van der Waals surface area contributed by atoms with Crippen LogP contribution in [0.4, 0.5) is 0 Å². The summed E-state index contributed by atoms with van der Waals surface area (Å²) in [5.41, 5.74) is 0.946. The van der Waals surface area contributed by atoms with Crippen LogP contribution in [0.15, 0.2) is 18.2 Å². The highest BCUT2D eigenvalue weighted by Crippen LogP contribution is 2.23. The molecule has 1 saturated heterocycles. The van der Waals surface area contributed by atoms with Crippen LogP contribution in [0, 0.1) is 5.92 Å². The second-order valence-electron chi connectivity index (χ2n) is 4.26. The number of hydrogen-bond acceptors (Lipinski definition) is 3. The number of amides is 1. The standard InChI is InChI=1S/C13H17ClN2O2.ClH/c1-2-18-12-5-11(14)4-3-9(12)8-16-13(17)10-6-15-7-10;/h3-5,10,15H,2,6-8H2,1H3,(H,16,17);1H. The minimum Gasteiger partial charge on any atom is -0.493 e. The molecule has 1 aromatic carbocycles. The Labute approximate surface area is 124 Å². The maximum atomic E-state index is 11.7. The molecule has 2 rings (SSSR count). The fourth-order valence-electron chi connectivity index (χ4n) is 1.77. The van der Waals surface area contributed by atoms with Crippen LogP contribution in [0.25, 0.3) is 0 Å². The molecule has 0 bridgehead atoms. The van der Waals surface area contributed by atoms with Crippen LogP contribution >= 0.6 is 24.0 Å². The highest BCUT2D eigenvalue weighted by molar-refractivity contribution is 6.30. The van der Waals surface area contributed by atoms with E-state index in [1.165, 1.54) is 0 Å². The van der Waals surface area contributed by atoms with Gasteiger partial charge >= 0.3 is 0 Å². The van der Waals surface area contributed by atoms with Gasteiger partial charge in [-0.3, -0.25) is 4.79 Å². The molecule has 1 aliphatic rings. The van der Waals surface area contributed by atoms with E-state index in [0.717, 1.165) is 24.4 Å². The number of benzene rings is 1. The molecule has 106 valence electrons. The molecule has 1 aliphatic heterocycles. The number of nitrogens with one attached hydrogen (secondary N) is 2. The lowest BCUT2D eigenvalue weighted by Crippen LogP contribution is -2.50. The van der Waals surface area contributed by atoms with E-state index < -0.39 is 0 Å². The lowest BCUT2D eigenvalue weighted by atomic mass is 10.0. The molecule has 19 heavy (non-hydrogen) atoms. The van der Waals surface area contributed by atoms with Gasteiger partial charge in [0.2, 0.25) is 5.91 Å². The third kappa shape index (κ3) is 4.27. The summed E-state index contributed by atoms with van der Waals surface area (Å²) >= 11 is 5.92. The number of ether oxygens (including phenoxy) is 1. The minimum atomic E-state index is 0. The Balaban J connectivity index is 0.00000180. The van der Waals surface area contributed by atoms with Gasteiger partial charge in [-0.05, 0) is 19.1 Å². The van der Waals surface area contributed by atoms with Crippen molar-refractivity contribution in [3.63, 3.8) is 0 Å². The highest BCUT2D eigenvalue weighted by atomic mass is 35.5. The smallest absolute Gasteiger partial charge is 0.225 e. The summed E-state index contributed by atoms with van der Waals surface area (Å²) < 4.78 is 5.50. The molecule has 1 heterocycles. The first-order valence-electron chi connectivity index (χ1n) is 6.10. The van der Waals surface area contributed by atoms with Crippen LogP contribution in [0.5, 0.6) is 5.75 Å². The van der Waals surface area contributed by atoms with E-state index in [1.807, 2.05) is 13.0 Å². The number of carbonyl (C=O) groups is 1. The van der Waals surface area contributed by atoms with Crippen LogP contribution in [0.2, 0.25) is 5.02 Å². The van der Waals surface area contributed by atoms with Gasteiger partial charge in [0.1, 0.15) is 5.75 Å². The fraction of sp³-hybridized carbons (Fsp3) is 0.462. The Bertz CT molecular complexity index is 437. The maximum Gasteiger partial charge on any atom is 0.225 e. The summed E-state index contributed by atoms with van der Waals surface area (Å²) in [6.07, 6.45) is 0. The van der Waals surface area contributed by atoms with Crippen molar-refractivity contribution in [2.24, 2.45) is 5.92 Å². The van der Waals surface area contributed by atoms with E-state index in [2.05, 4.69) is 10.6 Å². The first-order valence-corrected chi connectivity index (χ1v) is 6.48. The fourth-order valence-corrected chi connectivity index (χ4v) is 1.93. The second-order valence-corrected chi connectivity index (χ2v) is 4.69. The molecule has 0 aliphatic carbocycles. The number of hydrogen-bond donors (Lipinski definition) is 2. The molecular formula is C13H18Cl2N2O2. The highest BCUT2D eigenvalue weighted by Gasteiger charge is 2.24. The van der Waals surface area contributed by atoms with E-state index in [4.69, 9.17) is 16.3 Å². The topological polar surface area (TPSA) is 50.4 Å². The molecule has 0 unspecified atom stereocenters. The predicted octanol–water partition coefficient (Wildman–Crippen LogP) is 2.00. The van der Waals surface area contributed by atoms with Crippen molar-refractivity contribution in [1.82, 2.24) is 10.6 Å². The third-order valence-electron chi connectivity index (χ3n) is 2.93. The van der Waals surface area contributed by atoms with Crippen LogP contribution in [0.3, 0.4) is 0 Å². The average molecular weight is 305 g/mol. The molecule has 4 nitrogen and oxygen atoms in total. The predicted molar refractivity (Wildman–Crippen MR) is 78.1 cm³/mol. The first-order chi connectivity index (χ1) is 8.70. The lowest BCUT2D eigenvalue weighted by Gasteiger charge is -2.25. The molecule has 1 aromatic rings. The van der Waals surface area contributed by atoms with Crippen LogP contribution in [0.1, 0.15) is 12.5 Å². The molecule has 1 amide bonds. The van der Waals surface area contributed by atoms with E-state index in [0.29, 0.717) is 18.2 Å². The van der Waals surface area contributed by atoms with Gasteiger partial charge in [-0.1, -0.05) is 17.7 Å². The summed E-state index contributed by atoms with van der Waals surface area (Å²) in [5.74, 6) is 0.927. The maximum absolute atomic E-state index is 11.7. The van der Waals surface area contributed by atoms with Gasteiger partial charge in [-0.15, -0.1) is 12.4 Å². The van der Waals surface area contributed by atoms with Crippen molar-refractivity contribution in [1.29, 1.82) is 0 Å². The SMILES string of the molecule is CCOc1cc(Cl)ccc1CNC(=O)C1CNC1.Cl. The molecule has 1 fully saturated rings. The number of halogens is 2. The monoisotopic (exact) mass is 304 g/mol. The van der Waals surface area contributed by atoms with Crippen molar-refractivity contribution in [2.45, 2.75) is 13.5 Å². The van der Waals surface area contributed by atoms with Gasteiger partial charge in [-0.2, -0.15) is 0 Å². The van der Waals surface area contributed by atoms with Crippen molar-refractivity contribution in [3.05, 3.63) is 28.8 Å². The Morgan fingerprint density at radius 1 is 1.53 bits per heavy atom. The summed E-state index contributed by atoms with van der Waals surface area (Å²) in [7, 11) is 0. The zero-order valence-electron chi connectivity index (χ0n) is 10.7. The summed E-state index contributed by atoms with van der Waals surface area (Å²) in [5, 5.41) is 6.63. The minimum absolute atomic E-state index is 0. The van der Waals surface area contributed by atoms with Gasteiger partial charge in [0.15, 0.2) is 0 Å². The Morgan fingerprint density at radius 3 is 2.84 bits per heavy atom. The average Bonchev–Trinajstić information content (AvgIpc) is 2.26. The van der Waals surface area contributed by atoms with Gasteiger partial charge in [0.25, 0.3) is 0 Å². The van der Waals surface area contributed by atoms with Gasteiger partial charge in [-0.25, -0.2) is 0 Å². The molecule has 2 N–H and O–H groups in total. The summed E-state index contributed by atoms with van der Waals surface area (Å²) in [6.45, 7) is 4.51. The molecular weight excluding hydrogens is 287 g/mol. The Hall–Kier alpha value is -0.970. The second kappa shape index (κ2) is 7.58. The van der Waals surface area contributed by atoms with Gasteiger partial charge in [0.05, 0.1) is 12.5 Å². The van der Waals surface area contributed by atoms with Crippen molar-refractivity contribution < 1.29 is 9.53 Å². The molecule has 0 saturated carbocycles. The Morgan fingerprint density at radius 2 is 2.26 bits per heavy atom. The normalized spacial score (nSPS) is 14.2. The molecule has 6 heteroatoms. The first kappa shape index (κ1) is 16.1. The van der Waals surface area contributed by atoms with Crippen LogP contribution < -0.4 is 15.4 Å². The number of rotatable bonds is 5. The van der Waals surface area contributed by atoms with Crippen LogP contribution in [-0.2, 0) is 11.3 Å². The van der Waals surface area contributed by atoms with Crippen LogP contribution in [-0.4, -0.2) is 25.6 Å². The van der Waals surface area contributed by atoms with Crippen molar-refractivity contribution in [3.8, 4) is 5.75 Å². The third-order valence-corrected chi connectivity index (χ3v) is 3.17. The quantitative estimate of drug-likeness (QED) is 0.875. The Kier molecular flexibility index (Phi) is 6.42. The van der Waals surface area contributed by atoms with Gasteiger partial charge < -0.3 is 15.4 Å². The largest absolute Gasteiger partial charge is 0.493 e. The van der Waals surface area contributed by atoms with E-state index in [-0.39, 0.29) is 24.2 Å². The van der Waals surface area contributed by atoms with Crippen molar-refractivity contribution >= 4 is 29.9 Å². The molecule has 0 atom stereocenters. The zero-order valence-corrected chi connectivity index (χ0v) is 12.3. The van der Waals surface area contributed by atoms with E-state index in [9.17, 15) is 4.79 Å². The zero-order chi connectivity index (χ0) is 13.0. The molecule has 0 spiro atoms. The lowest BCUT2D eigenvalue weighted by molar-refractivity contribution is -0.126. The molecule has 0 radical (unpaired) electrons. The van der Waals surface area contributed by atoms with Crippen molar-refractivity contribution in [2.75, 3.05) is 19.7 Å². The van der Waals surface area contributed by atoms with E-state index in [1.54, 1.807) is 12.1 Å². The summed E-state index contributed by atoms with van der Waals surface area (Å²) in [6, 6.07) is 5.46. The van der Waals surface area contributed by atoms with Gasteiger partial charge in [0, 0.05) is 30.2 Å². The molecule has 0 aromatic heterocycles. The van der Waals surface area contributed by atoms with E-state index >= 15 is 0 Å². The summed E-state index contributed by atoms with van der Waals surface area (Å²) in [4.78, 5) is 11.7.